The summed E-state index contributed by atoms with van der Waals surface area (Å²) < 4.78 is 55.3. The molecule has 9 nitrogen and oxygen atoms in total. The zero-order valence-electron chi connectivity index (χ0n) is 15.8. The van der Waals surface area contributed by atoms with Crippen molar-refractivity contribution in [2.75, 3.05) is 31.3 Å². The molecule has 0 aromatic heterocycles. The van der Waals surface area contributed by atoms with Gasteiger partial charge in [-0.3, -0.25) is 4.57 Å². The van der Waals surface area contributed by atoms with Gasteiger partial charge in [-0.2, -0.15) is 0 Å². The average Bonchev–Trinajstić information content (AvgIpc) is 2.61. The number of benzene rings is 2. The first kappa shape index (κ1) is 23.6. The van der Waals surface area contributed by atoms with Crippen LogP contribution in [0.15, 0.2) is 48.5 Å². The topological polar surface area (TPSA) is 140 Å². The smallest absolute Gasteiger partial charge is 0.399 e. The standard InChI is InChI=1S/C17H23N2O7P3/c1-29(22,25-27(20)23-10-8-14-4-2-6-16(18)12-14)26-28(21)24-11-9-15-5-3-7-17(19)13-15/h2-7,12-13H,8-11,18-19H2,1H3/q+2. The Morgan fingerprint density at radius 1 is 0.828 bits per heavy atom. The van der Waals surface area contributed by atoms with E-state index in [1.807, 2.05) is 12.1 Å². The van der Waals surface area contributed by atoms with Crippen molar-refractivity contribution in [1.29, 1.82) is 0 Å². The maximum atomic E-state index is 12.2. The highest BCUT2D eigenvalue weighted by Gasteiger charge is 2.43. The molecule has 0 saturated heterocycles. The lowest BCUT2D eigenvalue weighted by Gasteiger charge is -2.00. The van der Waals surface area contributed by atoms with Gasteiger partial charge in [0.1, 0.15) is 13.2 Å². The van der Waals surface area contributed by atoms with Crippen molar-refractivity contribution in [1.82, 2.24) is 0 Å². The molecule has 0 amide bonds. The summed E-state index contributed by atoms with van der Waals surface area (Å²) in [4.78, 5) is 0. The molecule has 4 N–H and O–H groups in total. The van der Waals surface area contributed by atoms with Crippen LogP contribution in [-0.4, -0.2) is 19.9 Å². The van der Waals surface area contributed by atoms with Crippen LogP contribution in [-0.2, 0) is 44.2 Å². The Labute approximate surface area is 171 Å². The van der Waals surface area contributed by atoms with E-state index < -0.39 is 24.1 Å². The first-order chi connectivity index (χ1) is 13.7. The predicted octanol–water partition coefficient (Wildman–Crippen LogP) is 4.84. The molecule has 12 heteroatoms. The Bertz CT molecular complexity index is 841. The zero-order valence-corrected chi connectivity index (χ0v) is 18.5. The van der Waals surface area contributed by atoms with Crippen molar-refractivity contribution >= 4 is 35.5 Å². The molecule has 0 spiro atoms. The molecular formula is C17H23N2O7P3+2. The normalized spacial score (nSPS) is 14.2. The van der Waals surface area contributed by atoms with Crippen molar-refractivity contribution in [3.63, 3.8) is 0 Å². The first-order valence-corrected chi connectivity index (χ1v) is 12.8. The van der Waals surface area contributed by atoms with Gasteiger partial charge in [0.15, 0.2) is 0 Å². The summed E-state index contributed by atoms with van der Waals surface area (Å²) in [7, 11) is -9.35. The second-order valence-corrected chi connectivity index (χ2v) is 10.3. The minimum absolute atomic E-state index is 0.0570. The highest BCUT2D eigenvalue weighted by molar-refractivity contribution is 7.64. The van der Waals surface area contributed by atoms with E-state index in [1.54, 1.807) is 36.4 Å². The van der Waals surface area contributed by atoms with Gasteiger partial charge in [-0.1, -0.05) is 24.3 Å². The fourth-order valence-corrected chi connectivity index (χ4v) is 5.46. The Hall–Kier alpha value is -1.69. The van der Waals surface area contributed by atoms with Crippen LogP contribution in [0.5, 0.6) is 0 Å². The maximum Gasteiger partial charge on any atom is 0.706 e. The summed E-state index contributed by atoms with van der Waals surface area (Å²) >= 11 is 0. The Balaban J connectivity index is 1.68. The van der Waals surface area contributed by atoms with Gasteiger partial charge in [0.25, 0.3) is 0 Å². The largest absolute Gasteiger partial charge is 0.706 e. The highest BCUT2D eigenvalue weighted by Crippen LogP contribution is 2.58. The number of hydrogen-bond donors (Lipinski definition) is 2. The summed E-state index contributed by atoms with van der Waals surface area (Å²) in [6.07, 6.45) is 0.872. The predicted molar refractivity (Wildman–Crippen MR) is 112 cm³/mol. The molecule has 29 heavy (non-hydrogen) atoms. The molecule has 0 radical (unpaired) electrons. The van der Waals surface area contributed by atoms with E-state index >= 15 is 0 Å². The Morgan fingerprint density at radius 3 is 1.62 bits per heavy atom. The van der Waals surface area contributed by atoms with Crippen molar-refractivity contribution in [2.24, 2.45) is 0 Å². The minimum atomic E-state index is -3.90. The molecule has 2 aromatic rings. The van der Waals surface area contributed by atoms with Crippen molar-refractivity contribution in [3.8, 4) is 0 Å². The van der Waals surface area contributed by atoms with Crippen LogP contribution in [0.2, 0.25) is 0 Å². The van der Waals surface area contributed by atoms with Crippen LogP contribution >= 0.6 is 24.1 Å². The molecule has 0 bridgehead atoms. The molecule has 0 saturated carbocycles. The lowest BCUT2D eigenvalue weighted by atomic mass is 10.1. The monoisotopic (exact) mass is 460 g/mol. The summed E-state index contributed by atoms with van der Waals surface area (Å²) in [6, 6.07) is 14.3. The Kier molecular flexibility index (Phi) is 9.34. The van der Waals surface area contributed by atoms with Gasteiger partial charge in [-0.25, -0.2) is 0 Å². The first-order valence-electron chi connectivity index (χ1n) is 8.59. The van der Waals surface area contributed by atoms with Crippen LogP contribution < -0.4 is 11.5 Å². The molecule has 2 unspecified atom stereocenters. The second-order valence-electron chi connectivity index (χ2n) is 6.04. The molecule has 2 atom stereocenters. The van der Waals surface area contributed by atoms with E-state index in [0.717, 1.165) is 17.8 Å². The van der Waals surface area contributed by atoms with Gasteiger partial charge >= 0.3 is 24.1 Å². The van der Waals surface area contributed by atoms with Crippen LogP contribution in [0.25, 0.3) is 0 Å². The number of anilines is 2. The Morgan fingerprint density at radius 2 is 1.24 bits per heavy atom. The van der Waals surface area contributed by atoms with Gasteiger partial charge in [-0.05, 0) is 44.0 Å². The number of nitrogen functional groups attached to an aromatic ring is 2. The number of hydrogen-bond acceptors (Lipinski definition) is 9. The average molecular weight is 460 g/mol. The van der Waals surface area contributed by atoms with Gasteiger partial charge < -0.3 is 11.5 Å². The molecule has 0 aliphatic heterocycles. The van der Waals surface area contributed by atoms with E-state index in [1.165, 1.54) is 0 Å². The van der Waals surface area contributed by atoms with Crippen molar-refractivity contribution < 1.29 is 31.4 Å². The number of rotatable bonds is 12. The minimum Gasteiger partial charge on any atom is -0.399 e. The van der Waals surface area contributed by atoms with Gasteiger partial charge in [0, 0.05) is 40.0 Å². The van der Waals surface area contributed by atoms with E-state index in [4.69, 9.17) is 29.1 Å². The summed E-state index contributed by atoms with van der Waals surface area (Å²) in [5, 5.41) is 0. The molecule has 0 aliphatic carbocycles. The third-order valence-corrected chi connectivity index (χ3v) is 7.73. The van der Waals surface area contributed by atoms with Crippen molar-refractivity contribution in [3.05, 3.63) is 59.7 Å². The van der Waals surface area contributed by atoms with Crippen LogP contribution in [0.1, 0.15) is 11.1 Å². The molecule has 0 fully saturated rings. The van der Waals surface area contributed by atoms with Gasteiger partial charge in [0.2, 0.25) is 0 Å². The van der Waals surface area contributed by atoms with E-state index in [0.29, 0.717) is 24.2 Å². The molecule has 0 heterocycles. The lowest BCUT2D eigenvalue weighted by Crippen LogP contribution is -1.96. The molecular weight excluding hydrogens is 437 g/mol. The van der Waals surface area contributed by atoms with E-state index in [2.05, 4.69) is 0 Å². The van der Waals surface area contributed by atoms with Crippen molar-refractivity contribution in [2.45, 2.75) is 12.8 Å². The van der Waals surface area contributed by atoms with Crippen LogP contribution in [0.3, 0.4) is 0 Å². The lowest BCUT2D eigenvalue weighted by molar-refractivity contribution is 0.263. The molecule has 0 aliphatic rings. The highest BCUT2D eigenvalue weighted by atomic mass is 31.3. The fraction of sp³-hybridized carbons (Fsp3) is 0.294. The summed E-state index contributed by atoms with van der Waals surface area (Å²) in [5.74, 6) is 0. The third kappa shape index (κ3) is 9.57. The number of nitrogens with two attached hydrogens (primary N) is 2. The van der Waals surface area contributed by atoms with Gasteiger partial charge in [-0.15, -0.1) is 9.05 Å². The summed E-state index contributed by atoms with van der Waals surface area (Å²) in [5.41, 5.74) is 14.3. The zero-order chi connectivity index (χ0) is 21.3. The van der Waals surface area contributed by atoms with E-state index in [-0.39, 0.29) is 13.2 Å². The second kappa shape index (κ2) is 11.5. The van der Waals surface area contributed by atoms with Crippen LogP contribution in [0.4, 0.5) is 11.4 Å². The fourth-order valence-electron chi connectivity index (χ4n) is 2.28. The van der Waals surface area contributed by atoms with E-state index in [9.17, 15) is 13.7 Å². The van der Waals surface area contributed by atoms with Crippen LogP contribution in [0, 0.1) is 0 Å². The summed E-state index contributed by atoms with van der Waals surface area (Å²) in [6.45, 7) is 1.15. The molecule has 156 valence electrons. The molecule has 2 aromatic carbocycles. The quantitative estimate of drug-likeness (QED) is 0.336. The SMILES string of the molecule is CP(=O)(O[P+](=O)OCCc1cccc(N)c1)O[P+](=O)OCCc1cccc(N)c1. The maximum absolute atomic E-state index is 12.2. The molecule has 2 rings (SSSR count). The van der Waals surface area contributed by atoms with Gasteiger partial charge in [0.05, 0.1) is 0 Å². The third-order valence-electron chi connectivity index (χ3n) is 3.51.